The van der Waals surface area contributed by atoms with Gasteiger partial charge in [0.1, 0.15) is 0 Å². The standard InChI is InChI=1S/C84H102N12O8/c1-5-9-13-17-21-25-55-29-37-63(38-30-55)81-83(65-41-33-57(34-42-65)27-23-19-15-11-7-3)89(77(101)85-81)47-59(48-90(83)78(102)86-81)62-53-95-75(99)71-67-45-46-68(72(71)76(100)96(95)54-62)70-69(67)73(97)93-51-60-49-91-79(103)87-82(64-39-31-56(32-40-64)26-22-18-14-10-6-2)84(91,66-43-35-58(36-44-66)28-24-20-16-12-8-4)92(80(104)88-82)50-61(60)52-94(93)74(70)98/h29-44,67-68H,5-28,45-54H2,1-4H3,(H,85,101)(H,86,102)(H,87,103)(H,88,104)/t67-,68+,81?,82?,83?,84?. The number of amides is 8. The molecule has 5 fully saturated rings. The second-order valence-electron chi connectivity index (χ2n) is 31.6. The summed E-state index contributed by atoms with van der Waals surface area (Å²) >= 11 is 0. The molecule has 2 aromatic heterocycles. The van der Waals surface area contributed by atoms with Gasteiger partial charge >= 0.3 is 24.1 Å². The van der Waals surface area contributed by atoms with Crippen LogP contribution in [-0.2, 0) is 74.5 Å². The number of nitrogens with zero attached hydrogens (tertiary/aromatic N) is 8. The fourth-order valence-corrected chi connectivity index (χ4v) is 20.1. The van der Waals surface area contributed by atoms with Gasteiger partial charge in [-0.1, -0.05) is 227 Å². The first-order chi connectivity index (χ1) is 50.7. The Balaban J connectivity index is 0.711. The predicted molar refractivity (Wildman–Crippen MR) is 400 cm³/mol. The minimum atomic E-state index is -1.44. The number of hydrogen-bond donors (Lipinski definition) is 4. The monoisotopic (exact) mass is 1410 g/mol. The van der Waals surface area contributed by atoms with Gasteiger partial charge in [0.05, 0.1) is 26.2 Å². The molecule has 20 heteroatoms. The Morgan fingerprint density at radius 2 is 0.510 bits per heavy atom. The molecule has 10 heterocycles. The van der Waals surface area contributed by atoms with Gasteiger partial charge in [-0.25, -0.2) is 37.9 Å². The highest BCUT2D eigenvalue weighted by Crippen LogP contribution is 2.58. The van der Waals surface area contributed by atoms with Gasteiger partial charge in [-0.3, -0.25) is 38.8 Å². The molecular formula is C84H102N12O8. The van der Waals surface area contributed by atoms with Gasteiger partial charge in [0, 0.05) is 82.5 Å². The zero-order valence-electron chi connectivity index (χ0n) is 61.3. The van der Waals surface area contributed by atoms with Gasteiger partial charge in [-0.15, -0.1) is 0 Å². The van der Waals surface area contributed by atoms with Crippen LogP contribution in [0.2, 0.25) is 0 Å². The molecule has 2 bridgehead atoms. The number of allylic oxidation sites excluding steroid dienone is 1. The molecule has 8 amide bonds. The third kappa shape index (κ3) is 10.7. The molecule has 4 aromatic carbocycles. The first-order valence-electron chi connectivity index (χ1n) is 39.6. The number of benzene rings is 4. The van der Waals surface area contributed by atoms with Crippen molar-refractivity contribution in [2.24, 2.45) is 0 Å². The summed E-state index contributed by atoms with van der Waals surface area (Å²) in [6.07, 6.45) is 27.6. The third-order valence-corrected chi connectivity index (χ3v) is 25.4. The Hall–Kier alpha value is -9.20. The van der Waals surface area contributed by atoms with Crippen molar-refractivity contribution in [1.82, 2.24) is 59.6 Å². The van der Waals surface area contributed by atoms with E-state index in [9.17, 15) is 0 Å². The average Bonchev–Trinajstić information content (AvgIpc) is 1.49. The van der Waals surface area contributed by atoms with E-state index in [0.29, 0.717) is 12.8 Å². The van der Waals surface area contributed by atoms with Crippen molar-refractivity contribution in [3.8, 4) is 0 Å². The number of unbranched alkanes of at least 4 members (excludes halogenated alkanes) is 16. The minimum Gasteiger partial charge on any atom is -0.307 e. The fourth-order valence-electron chi connectivity index (χ4n) is 20.1. The topological polar surface area (TPSA) is 217 Å². The molecule has 104 heavy (non-hydrogen) atoms. The van der Waals surface area contributed by atoms with E-state index in [0.717, 1.165) is 122 Å². The maximum atomic E-state index is 15.7. The highest BCUT2D eigenvalue weighted by atomic mass is 16.2. The molecule has 546 valence electrons. The summed E-state index contributed by atoms with van der Waals surface area (Å²) in [5.74, 6) is -1.68. The van der Waals surface area contributed by atoms with Crippen molar-refractivity contribution in [2.45, 2.75) is 255 Å². The lowest BCUT2D eigenvalue weighted by molar-refractivity contribution is -0.0224. The summed E-state index contributed by atoms with van der Waals surface area (Å²) in [4.78, 5) is 130. The number of carbonyl (C=O) groups excluding carboxylic acids is 4. The van der Waals surface area contributed by atoms with E-state index < -0.39 is 56.7 Å². The number of aromatic nitrogens is 4. The van der Waals surface area contributed by atoms with Crippen molar-refractivity contribution >= 4 is 24.1 Å². The molecule has 20 nitrogen and oxygen atoms in total. The second kappa shape index (κ2) is 27.7. The Labute approximate surface area is 608 Å². The van der Waals surface area contributed by atoms with Crippen molar-refractivity contribution in [3.05, 3.63) is 228 Å². The number of carbonyl (C=O) groups is 4. The summed E-state index contributed by atoms with van der Waals surface area (Å²) in [6.45, 7) is 9.14. The molecule has 6 aromatic rings. The van der Waals surface area contributed by atoms with Crippen LogP contribution in [0.1, 0.15) is 248 Å². The molecule has 11 aliphatic rings. The highest BCUT2D eigenvalue weighted by Gasteiger charge is 2.76. The Morgan fingerprint density at radius 1 is 0.288 bits per heavy atom. The molecular weight excluding hydrogens is 1300 g/mol. The van der Waals surface area contributed by atoms with E-state index in [1.165, 1.54) is 118 Å². The van der Waals surface area contributed by atoms with E-state index in [1.807, 2.05) is 24.3 Å². The molecule has 4 N–H and O–H groups in total. The van der Waals surface area contributed by atoms with Crippen LogP contribution >= 0.6 is 0 Å². The van der Waals surface area contributed by atoms with Gasteiger partial charge in [-0.05, 0) is 109 Å². The van der Waals surface area contributed by atoms with Crippen molar-refractivity contribution in [3.63, 3.8) is 0 Å². The van der Waals surface area contributed by atoms with Crippen LogP contribution in [0.5, 0.6) is 0 Å². The number of fused-ring (bicyclic) bond motifs is 3. The molecule has 4 atom stereocenters. The van der Waals surface area contributed by atoms with Crippen LogP contribution in [0, 0.1) is 0 Å². The second-order valence-corrected chi connectivity index (χ2v) is 31.6. The average molecular weight is 1410 g/mol. The quantitative estimate of drug-likeness (QED) is 0.0273. The first kappa shape index (κ1) is 69.2. The number of hydrogen-bond acceptors (Lipinski definition) is 8. The van der Waals surface area contributed by atoms with Crippen LogP contribution < -0.4 is 43.5 Å². The summed E-state index contributed by atoms with van der Waals surface area (Å²) in [7, 11) is 0. The lowest BCUT2D eigenvalue weighted by Crippen LogP contribution is -2.65. The summed E-state index contributed by atoms with van der Waals surface area (Å²) in [5.41, 5.74) is 4.38. The molecule has 0 saturated carbocycles. The Kier molecular flexibility index (Phi) is 18.4. The van der Waals surface area contributed by atoms with Crippen LogP contribution in [-0.4, -0.2) is 88.6 Å². The van der Waals surface area contributed by atoms with Crippen LogP contribution in [0.3, 0.4) is 0 Å². The lowest BCUT2D eigenvalue weighted by Gasteiger charge is -2.50. The predicted octanol–water partition coefficient (Wildman–Crippen LogP) is 12.9. The largest absolute Gasteiger partial charge is 0.322 e. The number of aryl methyl sites for hydroxylation is 4. The van der Waals surface area contributed by atoms with Gasteiger partial charge in [-0.2, -0.15) is 0 Å². The normalized spacial score (nSPS) is 24.3. The van der Waals surface area contributed by atoms with E-state index in [2.05, 4.69) is 122 Å². The smallest absolute Gasteiger partial charge is 0.307 e. The third-order valence-electron chi connectivity index (χ3n) is 25.4. The van der Waals surface area contributed by atoms with Gasteiger partial charge in [0.2, 0.25) is 0 Å². The number of rotatable bonds is 28. The first-order valence-corrected chi connectivity index (χ1v) is 39.6. The highest BCUT2D eigenvalue weighted by molar-refractivity contribution is 5.92. The van der Waals surface area contributed by atoms with E-state index in [1.54, 1.807) is 19.6 Å². The van der Waals surface area contributed by atoms with E-state index >= 15 is 38.4 Å². The van der Waals surface area contributed by atoms with Crippen LogP contribution in [0.15, 0.2) is 139 Å². The SMILES string of the molecule is CCCCCCCc1ccc(C23NC(=O)N4CC(=C5Cn6c(=O)c7c(c(=O)n6C5)[C@H]5CC[C@@H]7c6c5c(=O)n5n(c6=O)CC6=C(CN7C(=O)NC8(c9ccc(CCCCCCC)cc9)NC(=O)N(C6)C78c6ccc(CCCCCCC)cc6)C5)CN(C(=O)N2)C43c2ccc(CCCCCCC)cc2)cc1. The number of nitrogens with one attached hydrogen (secondary N) is 4. The number of urea groups is 4. The maximum absolute atomic E-state index is 15.7. The summed E-state index contributed by atoms with van der Waals surface area (Å²) < 4.78 is 5.87. The van der Waals surface area contributed by atoms with Crippen molar-refractivity contribution in [1.29, 1.82) is 0 Å². The van der Waals surface area contributed by atoms with Crippen molar-refractivity contribution < 1.29 is 19.2 Å². The fraction of sp³-hybridized carbons (Fsp3) is 0.524. The maximum Gasteiger partial charge on any atom is 0.322 e. The van der Waals surface area contributed by atoms with Gasteiger partial charge < -0.3 is 21.3 Å². The summed E-state index contributed by atoms with van der Waals surface area (Å²) in [6, 6.07) is 31.9. The van der Waals surface area contributed by atoms with Crippen molar-refractivity contribution in [2.75, 3.05) is 26.2 Å². The molecule has 8 aliphatic heterocycles. The molecule has 2 unspecified atom stereocenters. The zero-order chi connectivity index (χ0) is 71.8. The van der Waals surface area contributed by atoms with Gasteiger partial charge in [0.15, 0.2) is 22.7 Å². The van der Waals surface area contributed by atoms with Gasteiger partial charge in [0.25, 0.3) is 22.2 Å². The molecule has 0 radical (unpaired) electrons. The molecule has 0 spiro atoms. The van der Waals surface area contributed by atoms with E-state index in [-0.39, 0.29) is 98.7 Å². The molecule has 3 aliphatic carbocycles. The summed E-state index contributed by atoms with van der Waals surface area (Å²) in [5, 5.41) is 13.4. The van der Waals surface area contributed by atoms with Crippen LogP contribution in [0.25, 0.3) is 0 Å². The Bertz CT molecular complexity index is 4550. The Morgan fingerprint density at radius 3 is 0.760 bits per heavy atom. The molecule has 5 saturated heterocycles. The van der Waals surface area contributed by atoms with E-state index in [4.69, 9.17) is 0 Å². The zero-order valence-corrected chi connectivity index (χ0v) is 61.3. The van der Waals surface area contributed by atoms with Crippen LogP contribution in [0.4, 0.5) is 19.2 Å². The molecule has 17 rings (SSSR count). The minimum absolute atomic E-state index is 0.0231. The lowest BCUT2D eigenvalue weighted by atomic mass is 9.65.